The number of piperidine rings is 1. The van der Waals surface area contributed by atoms with Crippen LogP contribution in [0.4, 0.5) is 0 Å². The zero-order valence-corrected chi connectivity index (χ0v) is 16.5. The molecule has 5 heteroatoms. The molecule has 1 aliphatic carbocycles. The number of hydrogen-bond donors (Lipinski definition) is 1. The summed E-state index contributed by atoms with van der Waals surface area (Å²) in [4.78, 5) is 19.5. The molecule has 1 atom stereocenters. The summed E-state index contributed by atoms with van der Waals surface area (Å²) in [5.74, 6) is 1.79. The van der Waals surface area contributed by atoms with Gasteiger partial charge in [0.1, 0.15) is 5.75 Å². The number of para-hydroxylation sites is 1. The number of rotatable bonds is 7. The highest BCUT2D eigenvalue weighted by Gasteiger charge is 2.35. The highest BCUT2D eigenvalue weighted by molar-refractivity contribution is 5.81. The molecule has 1 saturated heterocycles. The largest absolute Gasteiger partial charge is 0.496 e. The van der Waals surface area contributed by atoms with E-state index in [0.717, 1.165) is 56.8 Å². The van der Waals surface area contributed by atoms with E-state index in [1.54, 1.807) is 7.11 Å². The van der Waals surface area contributed by atoms with Crippen molar-refractivity contribution in [1.82, 2.24) is 15.2 Å². The molecule has 1 aromatic heterocycles. The maximum atomic E-state index is 12.4. The molecular weight excluding hydrogens is 350 g/mol. The third-order valence-electron chi connectivity index (χ3n) is 5.94. The average Bonchev–Trinajstić information content (AvgIpc) is 3.59. The Morgan fingerprint density at radius 1 is 1.14 bits per heavy atom. The second-order valence-electron chi connectivity index (χ2n) is 7.94. The molecule has 1 unspecified atom stereocenters. The van der Waals surface area contributed by atoms with Crippen molar-refractivity contribution in [3.8, 4) is 5.75 Å². The first-order valence-electron chi connectivity index (χ1n) is 10.3. The van der Waals surface area contributed by atoms with Crippen LogP contribution in [0, 0.1) is 11.8 Å². The van der Waals surface area contributed by atoms with Gasteiger partial charge in [0, 0.05) is 24.2 Å². The standard InChI is InChI=1S/C23H29N3O2/c1-28-21-8-3-2-6-19(21)16-26-14-11-17(12-15-26)22(20-7-4-5-13-24-20)25-23(27)18-9-10-18/h2-8,13,17-18,22H,9-12,14-16H2,1H3,(H,25,27). The van der Waals surface area contributed by atoms with E-state index < -0.39 is 0 Å². The zero-order chi connectivity index (χ0) is 19.3. The SMILES string of the molecule is COc1ccccc1CN1CCC(C(NC(=O)C2CC2)c2ccccn2)CC1. The molecule has 1 amide bonds. The third-order valence-corrected chi connectivity index (χ3v) is 5.94. The van der Waals surface area contributed by atoms with Gasteiger partial charge in [-0.1, -0.05) is 24.3 Å². The lowest BCUT2D eigenvalue weighted by molar-refractivity contribution is -0.123. The minimum Gasteiger partial charge on any atom is -0.496 e. The van der Waals surface area contributed by atoms with Crippen molar-refractivity contribution >= 4 is 5.91 Å². The third kappa shape index (κ3) is 4.53. The summed E-state index contributed by atoms with van der Waals surface area (Å²) < 4.78 is 5.49. The minimum atomic E-state index is 0.0164. The molecule has 0 bridgehead atoms. The van der Waals surface area contributed by atoms with E-state index in [4.69, 9.17) is 4.74 Å². The van der Waals surface area contributed by atoms with Crippen molar-refractivity contribution < 1.29 is 9.53 Å². The fourth-order valence-electron chi connectivity index (χ4n) is 4.13. The first kappa shape index (κ1) is 18.9. The van der Waals surface area contributed by atoms with E-state index >= 15 is 0 Å². The summed E-state index contributed by atoms with van der Waals surface area (Å²) in [5.41, 5.74) is 2.21. The summed E-state index contributed by atoms with van der Waals surface area (Å²) in [6.45, 7) is 2.94. The Morgan fingerprint density at radius 3 is 2.57 bits per heavy atom. The van der Waals surface area contributed by atoms with Gasteiger partial charge in [-0.2, -0.15) is 0 Å². The molecule has 4 rings (SSSR count). The van der Waals surface area contributed by atoms with E-state index in [1.165, 1.54) is 5.56 Å². The maximum absolute atomic E-state index is 12.4. The molecule has 1 aliphatic heterocycles. The molecule has 2 aliphatic rings. The van der Waals surface area contributed by atoms with Crippen LogP contribution in [0.25, 0.3) is 0 Å². The number of nitrogens with one attached hydrogen (secondary N) is 1. The smallest absolute Gasteiger partial charge is 0.223 e. The first-order chi connectivity index (χ1) is 13.7. The summed E-state index contributed by atoms with van der Waals surface area (Å²) in [5, 5.41) is 3.31. The Bertz CT molecular complexity index is 783. The fourth-order valence-corrected chi connectivity index (χ4v) is 4.13. The van der Waals surface area contributed by atoms with Crippen molar-refractivity contribution in [2.24, 2.45) is 11.8 Å². The van der Waals surface area contributed by atoms with Crippen LogP contribution in [0.2, 0.25) is 0 Å². The molecule has 2 fully saturated rings. The Hall–Kier alpha value is -2.40. The summed E-state index contributed by atoms with van der Waals surface area (Å²) in [7, 11) is 1.73. The minimum absolute atomic E-state index is 0.0164. The van der Waals surface area contributed by atoms with Crippen molar-refractivity contribution in [2.75, 3.05) is 20.2 Å². The number of benzene rings is 1. The van der Waals surface area contributed by atoms with Gasteiger partial charge < -0.3 is 10.1 Å². The van der Waals surface area contributed by atoms with Crippen molar-refractivity contribution in [3.05, 3.63) is 59.9 Å². The number of amides is 1. The lowest BCUT2D eigenvalue weighted by Crippen LogP contribution is -2.41. The summed E-state index contributed by atoms with van der Waals surface area (Å²) >= 11 is 0. The van der Waals surface area contributed by atoms with Gasteiger partial charge >= 0.3 is 0 Å². The Kier molecular flexibility index (Phi) is 5.91. The van der Waals surface area contributed by atoms with Crippen LogP contribution in [0.1, 0.15) is 43.0 Å². The molecule has 28 heavy (non-hydrogen) atoms. The van der Waals surface area contributed by atoms with Gasteiger partial charge in [0.25, 0.3) is 0 Å². The second kappa shape index (κ2) is 8.74. The number of carbonyl (C=O) groups excluding carboxylic acids is 1. The van der Waals surface area contributed by atoms with Crippen molar-refractivity contribution in [2.45, 2.75) is 38.3 Å². The van der Waals surface area contributed by atoms with Gasteiger partial charge in [0.05, 0.1) is 18.8 Å². The van der Waals surface area contributed by atoms with Crippen LogP contribution in [0.5, 0.6) is 5.75 Å². The van der Waals surface area contributed by atoms with Crippen LogP contribution in [-0.2, 0) is 11.3 Å². The molecule has 1 aromatic carbocycles. The summed E-state index contributed by atoms with van der Waals surface area (Å²) in [6.07, 6.45) is 5.99. The van der Waals surface area contributed by atoms with Gasteiger partial charge in [-0.05, 0) is 62.9 Å². The molecule has 2 heterocycles. The van der Waals surface area contributed by atoms with E-state index in [2.05, 4.69) is 27.3 Å². The molecule has 1 saturated carbocycles. The second-order valence-corrected chi connectivity index (χ2v) is 7.94. The zero-order valence-electron chi connectivity index (χ0n) is 16.5. The number of ether oxygens (including phenoxy) is 1. The number of carbonyl (C=O) groups is 1. The fraction of sp³-hybridized carbons (Fsp3) is 0.478. The number of likely N-dealkylation sites (tertiary alicyclic amines) is 1. The highest BCUT2D eigenvalue weighted by Crippen LogP contribution is 2.34. The Morgan fingerprint density at radius 2 is 1.89 bits per heavy atom. The van der Waals surface area contributed by atoms with Gasteiger partial charge in [0.2, 0.25) is 5.91 Å². The molecule has 5 nitrogen and oxygen atoms in total. The molecular formula is C23H29N3O2. The quantitative estimate of drug-likeness (QED) is 0.799. The molecule has 0 radical (unpaired) electrons. The van der Waals surface area contributed by atoms with E-state index in [-0.39, 0.29) is 17.9 Å². The monoisotopic (exact) mass is 379 g/mol. The molecule has 1 N–H and O–H groups in total. The van der Waals surface area contributed by atoms with E-state index in [1.807, 2.05) is 36.5 Å². The van der Waals surface area contributed by atoms with E-state index in [0.29, 0.717) is 5.92 Å². The molecule has 2 aromatic rings. The van der Waals surface area contributed by atoms with Gasteiger partial charge in [-0.25, -0.2) is 0 Å². The van der Waals surface area contributed by atoms with Crippen LogP contribution in [-0.4, -0.2) is 36.0 Å². The number of aromatic nitrogens is 1. The van der Waals surface area contributed by atoms with Gasteiger partial charge in [-0.3, -0.25) is 14.7 Å². The van der Waals surface area contributed by atoms with Crippen molar-refractivity contribution in [3.63, 3.8) is 0 Å². The van der Waals surface area contributed by atoms with E-state index in [9.17, 15) is 4.79 Å². The van der Waals surface area contributed by atoms with Crippen LogP contribution >= 0.6 is 0 Å². The van der Waals surface area contributed by atoms with Gasteiger partial charge in [-0.15, -0.1) is 0 Å². The number of hydrogen-bond acceptors (Lipinski definition) is 4. The molecule has 0 spiro atoms. The normalized spacial score (nSPS) is 19.2. The van der Waals surface area contributed by atoms with Crippen molar-refractivity contribution in [1.29, 1.82) is 0 Å². The average molecular weight is 380 g/mol. The van der Waals surface area contributed by atoms with Crippen LogP contribution in [0.15, 0.2) is 48.7 Å². The lowest BCUT2D eigenvalue weighted by Gasteiger charge is -2.36. The highest BCUT2D eigenvalue weighted by atomic mass is 16.5. The predicted molar refractivity (Wildman–Crippen MR) is 109 cm³/mol. The first-order valence-corrected chi connectivity index (χ1v) is 10.3. The number of pyridine rings is 1. The van der Waals surface area contributed by atoms with Gasteiger partial charge in [0.15, 0.2) is 0 Å². The van der Waals surface area contributed by atoms with Crippen LogP contribution < -0.4 is 10.1 Å². The lowest BCUT2D eigenvalue weighted by atomic mass is 9.87. The number of methoxy groups -OCH3 is 1. The predicted octanol–water partition coefficient (Wildman–Crippen LogP) is 3.57. The molecule has 148 valence electrons. The topological polar surface area (TPSA) is 54.5 Å². The Labute approximate surface area is 167 Å². The Balaban J connectivity index is 1.40. The summed E-state index contributed by atoms with van der Waals surface area (Å²) in [6, 6.07) is 14.2. The van der Waals surface area contributed by atoms with Crippen LogP contribution in [0.3, 0.4) is 0 Å². The number of nitrogens with zero attached hydrogens (tertiary/aromatic N) is 2. The maximum Gasteiger partial charge on any atom is 0.223 e.